The third kappa shape index (κ3) is 4.13. The second-order valence-corrected chi connectivity index (χ2v) is 2.81. The van der Waals surface area contributed by atoms with Crippen molar-refractivity contribution in [3.05, 3.63) is 0 Å². The van der Waals surface area contributed by atoms with Crippen molar-refractivity contribution < 1.29 is 5.11 Å². The van der Waals surface area contributed by atoms with Crippen molar-refractivity contribution in [1.29, 1.82) is 0 Å². The van der Waals surface area contributed by atoms with E-state index in [2.05, 4.69) is 0 Å². The Hall–Kier alpha value is -0.0400. The van der Waals surface area contributed by atoms with Gasteiger partial charge in [0.05, 0.1) is 5.60 Å². The van der Waals surface area contributed by atoms with Gasteiger partial charge in [-0.1, -0.05) is 21.3 Å². The van der Waals surface area contributed by atoms with E-state index in [-0.39, 0.29) is 7.43 Å². The summed E-state index contributed by atoms with van der Waals surface area (Å²) in [4.78, 5) is 0. The lowest BCUT2D eigenvalue weighted by Crippen LogP contribution is -2.25. The van der Waals surface area contributed by atoms with Crippen molar-refractivity contribution in [3.63, 3.8) is 0 Å². The van der Waals surface area contributed by atoms with E-state index in [1.165, 1.54) is 0 Å². The zero-order valence-electron chi connectivity index (χ0n) is 5.52. The topological polar surface area (TPSA) is 20.2 Å². The van der Waals surface area contributed by atoms with Crippen LogP contribution in [0.1, 0.15) is 35.1 Å². The summed E-state index contributed by atoms with van der Waals surface area (Å²) in [5.41, 5.74) is -0.500. The summed E-state index contributed by atoms with van der Waals surface area (Å²) in [6.07, 6.45) is 0. The zero-order chi connectivity index (χ0) is 6.08. The molecule has 0 fully saturated rings. The molecule has 0 aliphatic carbocycles. The minimum Gasteiger partial charge on any atom is -0.390 e. The fourth-order valence-electron chi connectivity index (χ4n) is 0. The molecule has 0 aliphatic heterocycles. The molecule has 0 aromatic rings. The van der Waals surface area contributed by atoms with E-state index < -0.39 is 5.60 Å². The van der Waals surface area contributed by atoms with Crippen molar-refractivity contribution >= 4 is 0 Å². The molecular weight excluding hydrogens is 100 g/mol. The number of aliphatic hydroxyl groups is 1. The van der Waals surface area contributed by atoms with Crippen LogP contribution >= 0.6 is 0 Å². The first-order chi connectivity index (χ1) is 2.94. The molecule has 0 aromatic carbocycles. The Morgan fingerprint density at radius 3 is 1.38 bits per heavy atom. The smallest absolute Gasteiger partial charge is 0.0614 e. The van der Waals surface area contributed by atoms with Gasteiger partial charge in [0.25, 0.3) is 0 Å². The molecule has 0 aliphatic rings. The molecule has 0 rings (SSSR count). The molecule has 1 nitrogen and oxygen atoms in total. The van der Waals surface area contributed by atoms with Gasteiger partial charge in [-0.3, -0.25) is 0 Å². The quantitative estimate of drug-likeness (QED) is 0.558. The molecule has 0 atom stereocenters. The lowest BCUT2D eigenvalue weighted by Gasteiger charge is -2.21. The normalized spacial score (nSPS) is 11.2. The molecule has 0 saturated carbocycles. The average Bonchev–Trinajstić information content (AvgIpc) is 1.31. The lowest BCUT2D eigenvalue weighted by molar-refractivity contribution is 0.0327. The molecule has 0 unspecified atom stereocenters. The Labute approximate surface area is 52.7 Å². The summed E-state index contributed by atoms with van der Waals surface area (Å²) in [7, 11) is 0. The van der Waals surface area contributed by atoms with Gasteiger partial charge < -0.3 is 5.11 Å². The van der Waals surface area contributed by atoms with Gasteiger partial charge in [-0.2, -0.15) is 0 Å². The highest BCUT2D eigenvalue weighted by atomic mass is 16.3. The average molecular weight is 118 g/mol. The minimum atomic E-state index is -0.500. The Morgan fingerprint density at radius 2 is 1.38 bits per heavy atom. The van der Waals surface area contributed by atoms with Gasteiger partial charge in [-0.05, 0) is 19.8 Å². The third-order valence-corrected chi connectivity index (χ3v) is 1.41. The first kappa shape index (κ1) is 10.9. The van der Waals surface area contributed by atoms with E-state index in [1.807, 2.05) is 27.7 Å². The van der Waals surface area contributed by atoms with Gasteiger partial charge in [-0.25, -0.2) is 0 Å². The van der Waals surface area contributed by atoms with Crippen LogP contribution < -0.4 is 0 Å². The van der Waals surface area contributed by atoms with E-state index in [0.29, 0.717) is 5.92 Å². The van der Waals surface area contributed by atoms with Gasteiger partial charge in [0, 0.05) is 0 Å². The summed E-state index contributed by atoms with van der Waals surface area (Å²) in [6.45, 7) is 7.63. The molecule has 0 saturated heterocycles. The number of hydrogen-bond donors (Lipinski definition) is 1. The third-order valence-electron chi connectivity index (χ3n) is 1.41. The molecule has 0 amide bonds. The van der Waals surface area contributed by atoms with Crippen LogP contribution in [-0.2, 0) is 0 Å². The maximum atomic E-state index is 9.09. The van der Waals surface area contributed by atoms with E-state index in [1.54, 1.807) is 0 Å². The molecule has 1 N–H and O–H groups in total. The molecule has 0 spiro atoms. The molecule has 0 radical (unpaired) electrons. The lowest BCUT2D eigenvalue weighted by atomic mass is 9.95. The van der Waals surface area contributed by atoms with Crippen LogP contribution in [0.5, 0.6) is 0 Å². The number of hydrogen-bond acceptors (Lipinski definition) is 1. The summed E-state index contributed by atoms with van der Waals surface area (Å²) in [5.74, 6) is 0.354. The summed E-state index contributed by atoms with van der Waals surface area (Å²) in [5, 5.41) is 9.09. The van der Waals surface area contributed by atoms with Crippen molar-refractivity contribution in [2.24, 2.45) is 5.92 Å². The molecule has 8 heavy (non-hydrogen) atoms. The Bertz CT molecular complexity index is 49.9. The predicted molar refractivity (Wildman–Crippen MR) is 37.9 cm³/mol. The first-order valence-corrected chi connectivity index (χ1v) is 2.67. The molecular formula is C7H18O. The van der Waals surface area contributed by atoms with Crippen LogP contribution in [0.3, 0.4) is 0 Å². The van der Waals surface area contributed by atoms with Crippen LogP contribution in [0.25, 0.3) is 0 Å². The standard InChI is InChI=1S/C6H14O.CH4/c1-5(2)6(3,4)7;/h5,7H,1-4H3;1H4. The van der Waals surface area contributed by atoms with Crippen molar-refractivity contribution in [2.45, 2.75) is 40.7 Å². The SMILES string of the molecule is C.CC(C)C(C)(C)O. The monoisotopic (exact) mass is 118 g/mol. The highest BCUT2D eigenvalue weighted by molar-refractivity contribution is 4.67. The van der Waals surface area contributed by atoms with E-state index in [9.17, 15) is 0 Å². The second-order valence-electron chi connectivity index (χ2n) is 2.81. The second kappa shape index (κ2) is 3.08. The molecule has 0 aromatic heterocycles. The molecule has 0 heterocycles. The molecule has 1 heteroatoms. The van der Waals surface area contributed by atoms with E-state index in [0.717, 1.165) is 0 Å². The van der Waals surface area contributed by atoms with Crippen LogP contribution in [0.4, 0.5) is 0 Å². The van der Waals surface area contributed by atoms with Crippen LogP contribution in [0.15, 0.2) is 0 Å². The summed E-state index contributed by atoms with van der Waals surface area (Å²) >= 11 is 0. The van der Waals surface area contributed by atoms with Crippen molar-refractivity contribution in [1.82, 2.24) is 0 Å². The summed E-state index contributed by atoms with van der Waals surface area (Å²) in [6, 6.07) is 0. The maximum absolute atomic E-state index is 9.09. The highest BCUT2D eigenvalue weighted by Gasteiger charge is 2.16. The van der Waals surface area contributed by atoms with Crippen LogP contribution in [0.2, 0.25) is 0 Å². The van der Waals surface area contributed by atoms with Crippen molar-refractivity contribution in [3.8, 4) is 0 Å². The van der Waals surface area contributed by atoms with Crippen LogP contribution in [-0.4, -0.2) is 10.7 Å². The fourth-order valence-corrected chi connectivity index (χ4v) is 0. The summed E-state index contributed by atoms with van der Waals surface area (Å²) < 4.78 is 0. The van der Waals surface area contributed by atoms with Crippen molar-refractivity contribution in [2.75, 3.05) is 0 Å². The van der Waals surface area contributed by atoms with E-state index >= 15 is 0 Å². The fraction of sp³-hybridized carbons (Fsp3) is 1.00. The Balaban J connectivity index is 0. The zero-order valence-corrected chi connectivity index (χ0v) is 5.52. The van der Waals surface area contributed by atoms with E-state index in [4.69, 9.17) is 5.11 Å². The first-order valence-electron chi connectivity index (χ1n) is 2.67. The molecule has 0 bridgehead atoms. The van der Waals surface area contributed by atoms with Gasteiger partial charge >= 0.3 is 0 Å². The molecule has 52 valence electrons. The number of rotatable bonds is 1. The largest absolute Gasteiger partial charge is 0.390 e. The van der Waals surface area contributed by atoms with Gasteiger partial charge in [0.15, 0.2) is 0 Å². The van der Waals surface area contributed by atoms with Crippen LogP contribution in [0, 0.1) is 5.92 Å². The van der Waals surface area contributed by atoms with Gasteiger partial charge in [-0.15, -0.1) is 0 Å². The Kier molecular flexibility index (Phi) is 4.18. The minimum absolute atomic E-state index is 0. The van der Waals surface area contributed by atoms with Gasteiger partial charge in [0.1, 0.15) is 0 Å². The predicted octanol–water partition coefficient (Wildman–Crippen LogP) is 2.05. The maximum Gasteiger partial charge on any atom is 0.0614 e. The van der Waals surface area contributed by atoms with Gasteiger partial charge in [0.2, 0.25) is 0 Å². The highest BCUT2D eigenvalue weighted by Crippen LogP contribution is 2.12. The Morgan fingerprint density at radius 1 is 1.25 bits per heavy atom.